The van der Waals surface area contributed by atoms with E-state index in [1.807, 2.05) is 6.07 Å². The third-order valence-electron chi connectivity index (χ3n) is 5.04. The molecule has 1 amide bonds. The molecule has 0 aliphatic carbocycles. The van der Waals surface area contributed by atoms with Gasteiger partial charge in [-0.3, -0.25) is 9.48 Å². The van der Waals surface area contributed by atoms with Gasteiger partial charge >= 0.3 is 0 Å². The fourth-order valence-corrected chi connectivity index (χ4v) is 3.55. The van der Waals surface area contributed by atoms with Crippen LogP contribution in [0.25, 0.3) is 22.6 Å². The number of carbonyl (C=O) groups is 1. The van der Waals surface area contributed by atoms with E-state index in [9.17, 15) is 4.79 Å². The summed E-state index contributed by atoms with van der Waals surface area (Å²) in [6.45, 7) is 0.0540. The summed E-state index contributed by atoms with van der Waals surface area (Å²) in [7, 11) is 1.75. The van der Waals surface area contributed by atoms with Crippen molar-refractivity contribution in [3.8, 4) is 28.7 Å². The number of rotatable bonds is 6. The molecule has 0 radical (unpaired) electrons. The Balaban J connectivity index is 1.78. The molecule has 0 aliphatic heterocycles. The SMILES string of the molecule is Cn1ccc(-c2nc(N)c(C(=O)NCc3cccc(C#N)n3)nc2-c2cc(Cl)c(N)c(C=N)c2)n1. The van der Waals surface area contributed by atoms with Gasteiger partial charge in [0.05, 0.1) is 28.6 Å². The first-order valence-electron chi connectivity index (χ1n) is 10.2. The fourth-order valence-electron chi connectivity index (χ4n) is 3.33. The number of amides is 1. The highest BCUT2D eigenvalue weighted by Gasteiger charge is 2.22. The molecular weight excluding hydrogens is 468 g/mol. The first-order chi connectivity index (χ1) is 16.8. The third-order valence-corrected chi connectivity index (χ3v) is 5.35. The highest BCUT2D eigenvalue weighted by atomic mass is 35.5. The Hall–Kier alpha value is -4.82. The second kappa shape index (κ2) is 9.58. The van der Waals surface area contributed by atoms with Gasteiger partial charge in [-0.1, -0.05) is 17.7 Å². The maximum atomic E-state index is 13.0. The lowest BCUT2D eigenvalue weighted by Gasteiger charge is -2.13. The number of halogens is 1. The minimum atomic E-state index is -0.582. The van der Waals surface area contributed by atoms with Gasteiger partial charge in [-0.15, -0.1) is 0 Å². The average Bonchev–Trinajstić information content (AvgIpc) is 3.30. The number of benzene rings is 1. The Kier molecular flexibility index (Phi) is 6.39. The summed E-state index contributed by atoms with van der Waals surface area (Å²) in [5, 5.41) is 24.0. The lowest BCUT2D eigenvalue weighted by atomic mass is 10.0. The van der Waals surface area contributed by atoms with Crippen molar-refractivity contribution in [2.75, 3.05) is 11.5 Å². The van der Waals surface area contributed by atoms with Crippen LogP contribution in [0.5, 0.6) is 0 Å². The standard InChI is InChI=1S/C23H19ClN10O/c1-34-6-5-17(33-34)20-19(12-7-13(9-25)18(27)16(24)8-12)31-21(22(28)32-20)23(35)29-11-15-4-2-3-14(10-26)30-15/h2-9,25H,11,27H2,1H3,(H2,28,32)(H,29,35). The fraction of sp³-hybridized carbons (Fsp3) is 0.0870. The Morgan fingerprint density at radius 3 is 2.71 bits per heavy atom. The van der Waals surface area contributed by atoms with E-state index in [0.29, 0.717) is 28.2 Å². The normalized spacial score (nSPS) is 10.5. The van der Waals surface area contributed by atoms with Gasteiger partial charge in [-0.2, -0.15) is 10.4 Å². The smallest absolute Gasteiger partial charge is 0.274 e. The van der Waals surface area contributed by atoms with E-state index in [4.69, 9.17) is 33.7 Å². The summed E-state index contributed by atoms with van der Waals surface area (Å²) in [6.07, 6.45) is 2.81. The molecule has 6 N–H and O–H groups in total. The molecule has 3 aromatic heterocycles. The highest BCUT2D eigenvalue weighted by molar-refractivity contribution is 6.34. The lowest BCUT2D eigenvalue weighted by molar-refractivity contribution is 0.0946. The molecule has 3 heterocycles. The van der Waals surface area contributed by atoms with Crippen LogP contribution in [0.3, 0.4) is 0 Å². The van der Waals surface area contributed by atoms with Crippen LogP contribution in [0, 0.1) is 16.7 Å². The molecule has 0 saturated carbocycles. The van der Waals surface area contributed by atoms with Crippen LogP contribution in [-0.2, 0) is 13.6 Å². The maximum Gasteiger partial charge on any atom is 0.274 e. The monoisotopic (exact) mass is 486 g/mol. The van der Waals surface area contributed by atoms with Crippen LogP contribution in [0.15, 0.2) is 42.6 Å². The molecule has 35 heavy (non-hydrogen) atoms. The number of nitrogen functional groups attached to an aromatic ring is 2. The molecular formula is C23H19ClN10O. The number of carbonyl (C=O) groups excluding carboxylic acids is 1. The van der Waals surface area contributed by atoms with Crippen LogP contribution in [0.1, 0.15) is 27.4 Å². The topological polar surface area (TPSA) is 185 Å². The number of anilines is 2. The Morgan fingerprint density at radius 1 is 1.23 bits per heavy atom. The van der Waals surface area contributed by atoms with Crippen molar-refractivity contribution in [1.82, 2.24) is 30.0 Å². The van der Waals surface area contributed by atoms with Crippen molar-refractivity contribution >= 4 is 35.2 Å². The van der Waals surface area contributed by atoms with Crippen molar-refractivity contribution in [1.29, 1.82) is 10.7 Å². The number of hydrogen-bond donors (Lipinski definition) is 4. The third kappa shape index (κ3) is 4.78. The van der Waals surface area contributed by atoms with Gasteiger partial charge in [0.15, 0.2) is 11.5 Å². The van der Waals surface area contributed by atoms with Crippen molar-refractivity contribution in [3.05, 3.63) is 70.3 Å². The molecule has 4 rings (SSSR count). The average molecular weight is 487 g/mol. The molecule has 11 nitrogen and oxygen atoms in total. The molecule has 0 fully saturated rings. The van der Waals surface area contributed by atoms with Gasteiger partial charge in [0.1, 0.15) is 23.2 Å². The zero-order chi connectivity index (χ0) is 25.1. The van der Waals surface area contributed by atoms with Crippen molar-refractivity contribution in [2.45, 2.75) is 6.54 Å². The Labute approximate surface area is 204 Å². The molecule has 0 aliphatic rings. The molecule has 174 valence electrons. The number of nitrogens with zero attached hydrogens (tertiary/aromatic N) is 6. The zero-order valence-corrected chi connectivity index (χ0v) is 19.2. The Morgan fingerprint density at radius 2 is 2.03 bits per heavy atom. The van der Waals surface area contributed by atoms with Crippen LogP contribution < -0.4 is 16.8 Å². The van der Waals surface area contributed by atoms with Crippen LogP contribution >= 0.6 is 11.6 Å². The maximum absolute atomic E-state index is 13.0. The van der Waals surface area contributed by atoms with Crippen molar-refractivity contribution in [2.24, 2.45) is 7.05 Å². The van der Waals surface area contributed by atoms with E-state index < -0.39 is 5.91 Å². The van der Waals surface area contributed by atoms with Gasteiger partial charge < -0.3 is 22.2 Å². The van der Waals surface area contributed by atoms with Gasteiger partial charge in [0.25, 0.3) is 5.91 Å². The van der Waals surface area contributed by atoms with E-state index >= 15 is 0 Å². The summed E-state index contributed by atoms with van der Waals surface area (Å²) >= 11 is 6.30. The minimum Gasteiger partial charge on any atom is -0.397 e. The lowest BCUT2D eigenvalue weighted by Crippen LogP contribution is -2.26. The number of nitriles is 1. The molecule has 4 aromatic rings. The first kappa shape index (κ1) is 23.3. The number of aryl methyl sites for hydroxylation is 1. The van der Waals surface area contributed by atoms with E-state index in [-0.39, 0.29) is 40.2 Å². The van der Waals surface area contributed by atoms with E-state index in [1.54, 1.807) is 54.3 Å². The van der Waals surface area contributed by atoms with Crippen molar-refractivity contribution in [3.63, 3.8) is 0 Å². The zero-order valence-electron chi connectivity index (χ0n) is 18.5. The number of nitrogens with one attached hydrogen (secondary N) is 2. The number of nitrogens with two attached hydrogens (primary N) is 2. The first-order valence-corrected chi connectivity index (χ1v) is 10.6. The van der Waals surface area contributed by atoms with Gasteiger partial charge in [-0.25, -0.2) is 15.0 Å². The number of hydrogen-bond acceptors (Lipinski definition) is 9. The molecule has 0 atom stereocenters. The molecule has 12 heteroatoms. The van der Waals surface area contributed by atoms with Crippen LogP contribution in [0.4, 0.5) is 11.5 Å². The predicted molar refractivity (Wildman–Crippen MR) is 132 cm³/mol. The Bertz CT molecular complexity index is 1500. The number of aromatic nitrogens is 5. The summed E-state index contributed by atoms with van der Waals surface area (Å²) in [4.78, 5) is 26.1. The largest absolute Gasteiger partial charge is 0.397 e. The van der Waals surface area contributed by atoms with E-state index in [0.717, 1.165) is 6.21 Å². The van der Waals surface area contributed by atoms with E-state index in [1.165, 1.54) is 0 Å². The molecule has 0 bridgehead atoms. The van der Waals surface area contributed by atoms with Crippen LogP contribution in [-0.4, -0.2) is 36.9 Å². The summed E-state index contributed by atoms with van der Waals surface area (Å²) in [6, 6.07) is 11.8. The second-order valence-corrected chi connectivity index (χ2v) is 7.85. The highest BCUT2D eigenvalue weighted by Crippen LogP contribution is 2.34. The molecule has 0 unspecified atom stereocenters. The predicted octanol–water partition coefficient (Wildman–Crippen LogP) is 2.56. The van der Waals surface area contributed by atoms with Gasteiger partial charge in [0, 0.05) is 30.6 Å². The molecule has 1 aromatic carbocycles. The van der Waals surface area contributed by atoms with Crippen LogP contribution in [0.2, 0.25) is 5.02 Å². The molecule has 0 spiro atoms. The summed E-state index contributed by atoms with van der Waals surface area (Å²) < 4.78 is 1.60. The van der Waals surface area contributed by atoms with E-state index in [2.05, 4.69) is 25.4 Å². The summed E-state index contributed by atoms with van der Waals surface area (Å²) in [5.41, 5.74) is 14.9. The number of pyridine rings is 1. The quantitative estimate of drug-likeness (QED) is 0.236. The van der Waals surface area contributed by atoms with Gasteiger partial charge in [-0.05, 0) is 30.3 Å². The van der Waals surface area contributed by atoms with Gasteiger partial charge in [0.2, 0.25) is 0 Å². The second-order valence-electron chi connectivity index (χ2n) is 7.44. The molecule has 0 saturated heterocycles. The minimum absolute atomic E-state index is 0.0540. The van der Waals surface area contributed by atoms with Crippen molar-refractivity contribution < 1.29 is 4.79 Å². The summed E-state index contributed by atoms with van der Waals surface area (Å²) in [5.74, 6) is -0.679.